The van der Waals surface area contributed by atoms with Crippen LogP contribution in [0.1, 0.15) is 25.3 Å². The van der Waals surface area contributed by atoms with Gasteiger partial charge in [0.1, 0.15) is 28.6 Å². The molecule has 0 radical (unpaired) electrons. The minimum atomic E-state index is -1.08. The number of hydrogen-bond donors (Lipinski definition) is 3. The molecule has 0 saturated carbocycles. The summed E-state index contributed by atoms with van der Waals surface area (Å²) in [6, 6.07) is 4.34. The van der Waals surface area contributed by atoms with E-state index in [1.165, 1.54) is 49.4 Å². The van der Waals surface area contributed by atoms with E-state index < -0.39 is 23.4 Å². The molecule has 234 valence electrons. The van der Waals surface area contributed by atoms with Gasteiger partial charge in [-0.05, 0) is 43.4 Å². The van der Waals surface area contributed by atoms with Gasteiger partial charge in [-0.15, -0.1) is 6.42 Å². The molecule has 46 heavy (non-hydrogen) atoms. The second kappa shape index (κ2) is 12.0. The predicted octanol–water partition coefficient (Wildman–Crippen LogP) is 5.56. The monoisotopic (exact) mass is 645 g/mol. The SMILES string of the molecule is C#Cc1c(F)ccc2cc(O)cc(-c3ncc4c(N5CC6CCC(C5)N6C(=O)/C(F)=C/C(=N)SC(C)=N)nc(OC)nc4c3F)c12. The number of terminal acetylenes is 1. The quantitative estimate of drug-likeness (QED) is 0.111. The number of carbonyl (C=O) groups excluding carboxylic acids is 1. The summed E-state index contributed by atoms with van der Waals surface area (Å²) in [6.45, 7) is 1.97. The molecule has 3 N–H and O–H groups in total. The smallest absolute Gasteiger partial charge is 0.318 e. The summed E-state index contributed by atoms with van der Waals surface area (Å²) < 4.78 is 51.3. The number of benzene rings is 2. The van der Waals surface area contributed by atoms with Crippen LogP contribution in [0.5, 0.6) is 11.8 Å². The first-order valence-electron chi connectivity index (χ1n) is 14.1. The molecule has 2 aliphatic rings. The number of phenols is 1. The fraction of sp³-hybridized carbons (Fsp3) is 0.250. The number of piperazine rings is 1. The van der Waals surface area contributed by atoms with E-state index >= 15 is 4.39 Å². The lowest BCUT2D eigenvalue weighted by Crippen LogP contribution is -2.56. The van der Waals surface area contributed by atoms with Crippen molar-refractivity contribution in [2.24, 2.45) is 0 Å². The Kier molecular flexibility index (Phi) is 8.03. The fourth-order valence-electron chi connectivity index (χ4n) is 6.20. The lowest BCUT2D eigenvalue weighted by Gasteiger charge is -2.41. The minimum absolute atomic E-state index is 0.0727. The minimum Gasteiger partial charge on any atom is -0.508 e. The predicted molar refractivity (Wildman–Crippen MR) is 170 cm³/mol. The number of halogens is 3. The third-order valence-electron chi connectivity index (χ3n) is 8.02. The van der Waals surface area contributed by atoms with Gasteiger partial charge >= 0.3 is 6.01 Å². The summed E-state index contributed by atoms with van der Waals surface area (Å²) in [5.74, 6) is -1.05. The molecule has 4 aromatic rings. The van der Waals surface area contributed by atoms with E-state index in [0.29, 0.717) is 24.0 Å². The summed E-state index contributed by atoms with van der Waals surface area (Å²) in [4.78, 5) is 29.5. The number of aromatic hydroxyl groups is 1. The molecule has 2 aliphatic heterocycles. The van der Waals surface area contributed by atoms with Gasteiger partial charge in [-0.1, -0.05) is 23.7 Å². The van der Waals surface area contributed by atoms with Crippen LogP contribution in [0, 0.1) is 34.8 Å². The maximum absolute atomic E-state index is 16.4. The van der Waals surface area contributed by atoms with Crippen molar-refractivity contribution in [2.75, 3.05) is 25.1 Å². The van der Waals surface area contributed by atoms with E-state index in [4.69, 9.17) is 22.0 Å². The van der Waals surface area contributed by atoms with Crippen LogP contribution in [0.15, 0.2) is 42.4 Å². The number of methoxy groups -OCH3 is 1. The van der Waals surface area contributed by atoms with Crippen LogP contribution in [0.3, 0.4) is 0 Å². The number of pyridine rings is 1. The van der Waals surface area contributed by atoms with Crippen LogP contribution in [0.2, 0.25) is 0 Å². The number of hydrogen-bond acceptors (Lipinski definition) is 10. The third-order valence-corrected chi connectivity index (χ3v) is 8.66. The molecule has 0 spiro atoms. The number of phenolic OH excluding ortho intramolecular Hbond substituents is 1. The first kappa shape index (κ1) is 30.8. The van der Waals surface area contributed by atoms with Crippen molar-refractivity contribution in [3.63, 3.8) is 0 Å². The van der Waals surface area contributed by atoms with Gasteiger partial charge in [-0.2, -0.15) is 9.97 Å². The lowest BCUT2D eigenvalue weighted by molar-refractivity contribution is -0.131. The summed E-state index contributed by atoms with van der Waals surface area (Å²) >= 11 is 0.741. The number of anilines is 1. The molecule has 2 unspecified atom stereocenters. The molecule has 4 heterocycles. The van der Waals surface area contributed by atoms with Gasteiger partial charge in [0.2, 0.25) is 0 Å². The Hall–Kier alpha value is -5.16. The van der Waals surface area contributed by atoms with Crippen molar-refractivity contribution in [1.29, 1.82) is 10.8 Å². The lowest BCUT2D eigenvalue weighted by atomic mass is 9.96. The molecule has 2 aromatic carbocycles. The molecular weight excluding hydrogens is 619 g/mol. The van der Waals surface area contributed by atoms with Gasteiger partial charge in [-0.25, -0.2) is 13.2 Å². The van der Waals surface area contributed by atoms with Crippen molar-refractivity contribution in [1.82, 2.24) is 19.9 Å². The fourth-order valence-corrected chi connectivity index (χ4v) is 6.69. The van der Waals surface area contributed by atoms with Gasteiger partial charge < -0.3 is 19.6 Å². The van der Waals surface area contributed by atoms with Crippen LogP contribution < -0.4 is 9.64 Å². The molecule has 1 amide bonds. The Labute approximate surface area is 265 Å². The summed E-state index contributed by atoms with van der Waals surface area (Å²) in [5.41, 5.74) is -0.394. The number of thioether (sulfide) groups is 1. The van der Waals surface area contributed by atoms with E-state index in [9.17, 15) is 18.7 Å². The van der Waals surface area contributed by atoms with E-state index in [-0.39, 0.29) is 80.1 Å². The highest BCUT2D eigenvalue weighted by Gasteiger charge is 2.44. The van der Waals surface area contributed by atoms with Gasteiger partial charge in [0.15, 0.2) is 11.6 Å². The number of fused-ring (bicyclic) bond motifs is 4. The molecule has 6 rings (SSSR count). The number of amides is 1. The Balaban J connectivity index is 1.39. The first-order valence-corrected chi connectivity index (χ1v) is 14.9. The Morgan fingerprint density at radius 3 is 2.57 bits per heavy atom. The van der Waals surface area contributed by atoms with Gasteiger partial charge in [0.25, 0.3) is 5.91 Å². The second-order valence-corrected chi connectivity index (χ2v) is 12.1. The summed E-state index contributed by atoms with van der Waals surface area (Å²) in [5, 5.41) is 26.4. The zero-order valence-corrected chi connectivity index (χ0v) is 25.4. The molecule has 2 fully saturated rings. The highest BCUT2D eigenvalue weighted by atomic mass is 32.2. The molecular formula is C32H26F3N7O3S. The summed E-state index contributed by atoms with van der Waals surface area (Å²) in [7, 11) is 1.33. The van der Waals surface area contributed by atoms with E-state index in [1.807, 2.05) is 4.90 Å². The number of carbonyl (C=O) groups is 1. The number of nitrogens with one attached hydrogen (secondary N) is 2. The molecule has 14 heteroatoms. The van der Waals surface area contributed by atoms with Crippen molar-refractivity contribution < 1.29 is 27.8 Å². The number of aromatic nitrogens is 3. The molecule has 2 aromatic heterocycles. The van der Waals surface area contributed by atoms with E-state index in [0.717, 1.165) is 17.8 Å². The van der Waals surface area contributed by atoms with Crippen LogP contribution in [0.25, 0.3) is 32.9 Å². The Bertz CT molecular complexity index is 2030. The number of nitrogens with zero attached hydrogens (tertiary/aromatic N) is 5. The number of rotatable bonds is 5. The average Bonchev–Trinajstić information content (AvgIpc) is 3.28. The van der Waals surface area contributed by atoms with Gasteiger partial charge in [0, 0.05) is 36.3 Å². The number of ether oxygens (including phenoxy) is 1. The molecule has 0 aliphatic carbocycles. The molecule has 2 bridgehead atoms. The first-order chi connectivity index (χ1) is 22.0. The van der Waals surface area contributed by atoms with Crippen LogP contribution in [-0.4, -0.2) is 73.2 Å². The Morgan fingerprint density at radius 1 is 1.20 bits per heavy atom. The van der Waals surface area contributed by atoms with Crippen molar-refractivity contribution in [2.45, 2.75) is 31.8 Å². The van der Waals surface area contributed by atoms with Crippen molar-refractivity contribution in [3.05, 3.63) is 59.6 Å². The van der Waals surface area contributed by atoms with E-state index in [1.54, 1.807) is 0 Å². The largest absolute Gasteiger partial charge is 0.508 e. The highest BCUT2D eigenvalue weighted by molar-refractivity contribution is 8.26. The van der Waals surface area contributed by atoms with Crippen molar-refractivity contribution >= 4 is 55.2 Å². The normalized spacial score (nSPS) is 17.8. The van der Waals surface area contributed by atoms with Crippen LogP contribution in [0.4, 0.5) is 19.0 Å². The van der Waals surface area contributed by atoms with Gasteiger partial charge in [0.05, 0.1) is 40.2 Å². The van der Waals surface area contributed by atoms with Gasteiger partial charge in [-0.3, -0.25) is 20.6 Å². The topological polar surface area (TPSA) is 139 Å². The van der Waals surface area contributed by atoms with E-state index in [2.05, 4.69) is 20.9 Å². The van der Waals surface area contributed by atoms with Crippen LogP contribution in [-0.2, 0) is 4.79 Å². The Morgan fingerprint density at radius 2 is 1.91 bits per heavy atom. The highest BCUT2D eigenvalue weighted by Crippen LogP contribution is 2.40. The molecule has 2 atom stereocenters. The zero-order chi connectivity index (χ0) is 32.9. The third kappa shape index (κ3) is 5.36. The maximum atomic E-state index is 16.4. The maximum Gasteiger partial charge on any atom is 0.318 e. The van der Waals surface area contributed by atoms with Crippen molar-refractivity contribution in [3.8, 4) is 35.4 Å². The van der Waals surface area contributed by atoms with Crippen LogP contribution >= 0.6 is 11.8 Å². The summed E-state index contributed by atoms with van der Waals surface area (Å²) in [6.07, 6.45) is 9.00. The average molecular weight is 646 g/mol. The second-order valence-electron chi connectivity index (χ2n) is 10.9. The molecule has 10 nitrogen and oxygen atoms in total. The zero-order valence-electron chi connectivity index (χ0n) is 24.6. The molecule has 2 saturated heterocycles. The standard InChI is InChI=1S/C32H26F3N7O3S/c1-4-20-23(33)8-5-16-9-19(43)10-21(26(16)20)28-27(35)29-22(12-38-28)30(40-32(39-29)45-3)41-13-17-6-7-18(14-41)42(17)31(44)24(34)11-25(37)46-15(2)36/h1,5,8-12,17-18,36-37,43H,6-7,13-14H2,2-3H3/b24-11-,36-15?,37-25?.